The summed E-state index contributed by atoms with van der Waals surface area (Å²) in [6.07, 6.45) is -1.46. The average molecular weight is 196 g/mol. The van der Waals surface area contributed by atoms with Gasteiger partial charge in [-0.25, -0.2) is 0 Å². The number of aliphatic hydroxyl groups is 4. The van der Waals surface area contributed by atoms with E-state index in [0.717, 1.165) is 0 Å². The van der Waals surface area contributed by atoms with Gasteiger partial charge in [0.15, 0.2) is 0 Å². The van der Waals surface area contributed by atoms with E-state index in [4.69, 9.17) is 31.9 Å². The maximum absolute atomic E-state index is 8.47. The van der Waals surface area contributed by atoms with Gasteiger partial charge in [-0.05, 0) is 6.92 Å². The maximum Gasteiger partial charge on any atom is 0.109 e. The van der Waals surface area contributed by atoms with E-state index in [1.807, 2.05) is 0 Å². The normalized spacial score (nSPS) is 14.8. The molecule has 0 saturated carbocycles. The molecule has 0 rings (SSSR count). The molecule has 0 fully saturated rings. The van der Waals surface area contributed by atoms with Crippen molar-refractivity contribution in [2.45, 2.75) is 19.3 Å². The molecular weight excluding hydrogens is 176 g/mol. The summed E-state index contributed by atoms with van der Waals surface area (Å²) >= 11 is 0. The van der Waals surface area contributed by atoms with E-state index in [0.29, 0.717) is 6.54 Å². The second kappa shape index (κ2) is 9.85. The van der Waals surface area contributed by atoms with E-state index in [2.05, 4.69) is 0 Å². The lowest BCUT2D eigenvalue weighted by Gasteiger charge is -2.12. The Balaban J connectivity index is 0. The molecule has 0 aromatic rings. The van der Waals surface area contributed by atoms with Gasteiger partial charge in [-0.2, -0.15) is 0 Å². The Morgan fingerprint density at radius 2 is 1.46 bits per heavy atom. The predicted molar refractivity (Wildman–Crippen MR) is 48.6 cm³/mol. The zero-order valence-corrected chi connectivity index (χ0v) is 7.80. The zero-order chi connectivity index (χ0) is 10.9. The van der Waals surface area contributed by atoms with Crippen LogP contribution in [0.3, 0.4) is 0 Å². The first-order valence-electron chi connectivity index (χ1n) is 4.03. The second-order valence-corrected chi connectivity index (χ2v) is 2.70. The first kappa shape index (κ1) is 15.2. The maximum atomic E-state index is 8.47. The Labute approximate surface area is 77.8 Å². The lowest BCUT2D eigenvalue weighted by atomic mass is 10.1. The number of nitrogens with two attached hydrogens (primary N) is 2. The first-order chi connectivity index (χ1) is 5.99. The third kappa shape index (κ3) is 11.8. The van der Waals surface area contributed by atoms with Crippen molar-refractivity contribution < 1.29 is 20.4 Å². The summed E-state index contributed by atoms with van der Waals surface area (Å²) < 4.78 is 0. The van der Waals surface area contributed by atoms with Crippen LogP contribution in [0.5, 0.6) is 0 Å². The monoisotopic (exact) mass is 196 g/mol. The van der Waals surface area contributed by atoms with Gasteiger partial charge >= 0.3 is 0 Å². The van der Waals surface area contributed by atoms with Crippen molar-refractivity contribution in [1.29, 1.82) is 0 Å². The van der Waals surface area contributed by atoms with Crippen LogP contribution in [0, 0.1) is 5.92 Å². The SMILES string of the molecule is CC(O)CN.NC(O)C(CO)CO. The molecule has 6 nitrogen and oxygen atoms in total. The minimum atomic E-state index is -1.12. The molecular formula is C7H20N2O4. The Morgan fingerprint density at radius 1 is 1.15 bits per heavy atom. The molecule has 0 saturated heterocycles. The molecule has 0 aliphatic heterocycles. The largest absolute Gasteiger partial charge is 0.396 e. The van der Waals surface area contributed by atoms with E-state index in [1.54, 1.807) is 6.92 Å². The third-order valence-corrected chi connectivity index (χ3v) is 1.29. The Morgan fingerprint density at radius 3 is 1.46 bits per heavy atom. The number of rotatable bonds is 4. The molecule has 0 amide bonds. The fourth-order valence-corrected chi connectivity index (χ4v) is 0.274. The number of hydrogen-bond acceptors (Lipinski definition) is 6. The van der Waals surface area contributed by atoms with E-state index in [9.17, 15) is 0 Å². The average Bonchev–Trinajstić information content (AvgIpc) is 2.07. The molecule has 2 atom stereocenters. The first-order valence-corrected chi connectivity index (χ1v) is 4.03. The molecule has 6 heteroatoms. The fourth-order valence-electron chi connectivity index (χ4n) is 0.274. The van der Waals surface area contributed by atoms with E-state index in [1.165, 1.54) is 0 Å². The molecule has 0 radical (unpaired) electrons. The van der Waals surface area contributed by atoms with Crippen molar-refractivity contribution >= 4 is 0 Å². The van der Waals surface area contributed by atoms with Gasteiger partial charge in [0.1, 0.15) is 6.23 Å². The minimum absolute atomic E-state index is 0.284. The predicted octanol–water partition coefficient (Wildman–Crippen LogP) is -2.81. The van der Waals surface area contributed by atoms with Gasteiger partial charge in [0.05, 0.1) is 19.3 Å². The van der Waals surface area contributed by atoms with Gasteiger partial charge in [-0.3, -0.25) is 0 Å². The van der Waals surface area contributed by atoms with Crippen LogP contribution in [0.25, 0.3) is 0 Å². The van der Waals surface area contributed by atoms with Crippen molar-refractivity contribution in [3.05, 3.63) is 0 Å². The fraction of sp³-hybridized carbons (Fsp3) is 1.00. The van der Waals surface area contributed by atoms with Crippen LogP contribution >= 0.6 is 0 Å². The summed E-state index contributed by atoms with van der Waals surface area (Å²) in [4.78, 5) is 0. The van der Waals surface area contributed by atoms with Crippen LogP contribution in [-0.4, -0.2) is 52.5 Å². The summed E-state index contributed by atoms with van der Waals surface area (Å²) in [7, 11) is 0. The van der Waals surface area contributed by atoms with E-state index >= 15 is 0 Å². The molecule has 82 valence electrons. The van der Waals surface area contributed by atoms with Gasteiger partial charge in [-0.15, -0.1) is 0 Å². The highest BCUT2D eigenvalue weighted by Gasteiger charge is 2.11. The van der Waals surface area contributed by atoms with Crippen molar-refractivity contribution in [2.75, 3.05) is 19.8 Å². The zero-order valence-electron chi connectivity index (χ0n) is 7.80. The quantitative estimate of drug-likeness (QED) is 0.269. The van der Waals surface area contributed by atoms with Crippen LogP contribution in [0.1, 0.15) is 6.92 Å². The highest BCUT2D eigenvalue weighted by molar-refractivity contribution is 4.58. The highest BCUT2D eigenvalue weighted by Crippen LogP contribution is 1.93. The standard InChI is InChI=1S/C4H11NO3.C3H9NO/c5-4(8)3(1-6)2-7;1-3(5)2-4/h3-4,6-8H,1-2,5H2;3,5H,2,4H2,1H3. The summed E-state index contributed by atoms with van der Waals surface area (Å²) in [5.41, 5.74) is 9.81. The smallest absolute Gasteiger partial charge is 0.109 e. The summed E-state index contributed by atoms with van der Waals surface area (Å²) in [5.74, 6) is -0.602. The van der Waals surface area contributed by atoms with Crippen molar-refractivity contribution in [1.82, 2.24) is 0 Å². The van der Waals surface area contributed by atoms with Crippen LogP contribution in [-0.2, 0) is 0 Å². The molecule has 2 unspecified atom stereocenters. The van der Waals surface area contributed by atoms with Crippen molar-refractivity contribution in [2.24, 2.45) is 17.4 Å². The van der Waals surface area contributed by atoms with Gasteiger partial charge in [0, 0.05) is 12.5 Å². The second-order valence-electron chi connectivity index (χ2n) is 2.70. The summed E-state index contributed by atoms with van der Waals surface area (Å²) in [6, 6.07) is 0. The van der Waals surface area contributed by atoms with Crippen LogP contribution in [0.4, 0.5) is 0 Å². The van der Waals surface area contributed by atoms with E-state index in [-0.39, 0.29) is 19.3 Å². The van der Waals surface area contributed by atoms with Gasteiger partial charge in [0.25, 0.3) is 0 Å². The minimum Gasteiger partial charge on any atom is -0.396 e. The Bertz CT molecular complexity index is 96.5. The molecule has 0 aromatic heterocycles. The molecule has 0 aliphatic carbocycles. The summed E-state index contributed by atoms with van der Waals surface area (Å²) in [5, 5.41) is 33.3. The molecule has 0 bridgehead atoms. The molecule has 13 heavy (non-hydrogen) atoms. The van der Waals surface area contributed by atoms with Gasteiger partial charge in [0.2, 0.25) is 0 Å². The molecule has 8 N–H and O–H groups in total. The van der Waals surface area contributed by atoms with Crippen LogP contribution in [0.15, 0.2) is 0 Å². The van der Waals surface area contributed by atoms with Crippen LogP contribution < -0.4 is 11.5 Å². The molecule has 0 aliphatic rings. The van der Waals surface area contributed by atoms with Crippen molar-refractivity contribution in [3.63, 3.8) is 0 Å². The Hall–Kier alpha value is -0.240. The van der Waals surface area contributed by atoms with Gasteiger partial charge in [-0.1, -0.05) is 0 Å². The number of hydrogen-bond donors (Lipinski definition) is 6. The highest BCUT2D eigenvalue weighted by atomic mass is 16.3. The Kier molecular flexibility index (Phi) is 11.5. The van der Waals surface area contributed by atoms with E-state index < -0.39 is 12.1 Å². The lowest BCUT2D eigenvalue weighted by molar-refractivity contribution is 0.0360. The summed E-state index contributed by atoms with van der Waals surface area (Å²) in [6.45, 7) is 1.45. The molecule has 0 heterocycles. The van der Waals surface area contributed by atoms with Crippen LogP contribution in [0.2, 0.25) is 0 Å². The number of aliphatic hydroxyl groups excluding tert-OH is 4. The lowest BCUT2D eigenvalue weighted by Crippen LogP contribution is -2.34. The van der Waals surface area contributed by atoms with Crippen molar-refractivity contribution in [3.8, 4) is 0 Å². The van der Waals surface area contributed by atoms with Gasteiger partial charge < -0.3 is 31.9 Å². The topological polar surface area (TPSA) is 133 Å². The third-order valence-electron chi connectivity index (χ3n) is 1.29. The molecule has 0 aromatic carbocycles. The molecule has 0 spiro atoms.